The molecule has 6 nitrogen and oxygen atoms in total. The molecule has 2 atom stereocenters. The summed E-state index contributed by atoms with van der Waals surface area (Å²) in [4.78, 5) is 24.4. The Balaban J connectivity index is 1.28. The topological polar surface area (TPSA) is 93.1 Å². The van der Waals surface area contributed by atoms with Crippen molar-refractivity contribution in [2.75, 3.05) is 26.4 Å². The van der Waals surface area contributed by atoms with Crippen LogP contribution in [0.3, 0.4) is 0 Å². The number of hydrogen-bond acceptors (Lipinski definition) is 6. The molecule has 0 saturated heterocycles. The molecule has 50 heavy (non-hydrogen) atoms. The van der Waals surface area contributed by atoms with Gasteiger partial charge in [0, 0.05) is 5.92 Å². The molecule has 2 aliphatic carbocycles. The molecule has 0 amide bonds. The number of aliphatic hydroxyl groups excluding tert-OH is 2. The SMILES string of the molecule is C=C(CO)C(=O)OCC(COC(=O)C(C)CO)CC1CCC(C2CCC(c3ccc(-c4ccc(CCCCC)c(C)c4)c(CC)c3)CC2)CC1. The molecule has 6 heteroatoms. The van der Waals surface area contributed by atoms with E-state index >= 15 is 0 Å². The van der Waals surface area contributed by atoms with Crippen LogP contribution in [-0.4, -0.2) is 48.6 Å². The number of aliphatic hydroxyl groups is 2. The van der Waals surface area contributed by atoms with E-state index in [0.717, 1.165) is 37.5 Å². The molecule has 2 aromatic carbocycles. The molecule has 0 aliphatic heterocycles. The van der Waals surface area contributed by atoms with Crippen molar-refractivity contribution >= 4 is 11.9 Å². The fourth-order valence-electron chi connectivity index (χ4n) is 8.40. The van der Waals surface area contributed by atoms with Gasteiger partial charge in [0.2, 0.25) is 0 Å². The number of carbonyl (C=O) groups excluding carboxylic acids is 2. The monoisotopic (exact) mass is 688 g/mol. The maximum atomic E-state index is 12.2. The number of benzene rings is 2. The van der Waals surface area contributed by atoms with E-state index in [9.17, 15) is 19.8 Å². The van der Waals surface area contributed by atoms with Crippen molar-refractivity contribution in [1.82, 2.24) is 0 Å². The fourth-order valence-corrected chi connectivity index (χ4v) is 8.40. The summed E-state index contributed by atoms with van der Waals surface area (Å²) in [5.41, 5.74) is 8.64. The van der Waals surface area contributed by atoms with Crippen molar-refractivity contribution in [2.45, 2.75) is 124 Å². The Morgan fingerprint density at radius 2 is 1.54 bits per heavy atom. The quantitative estimate of drug-likeness (QED) is 0.0922. The zero-order valence-electron chi connectivity index (χ0n) is 31.4. The highest BCUT2D eigenvalue weighted by molar-refractivity contribution is 5.87. The first kappa shape index (κ1) is 39.8. The van der Waals surface area contributed by atoms with Crippen molar-refractivity contribution in [3.8, 4) is 11.1 Å². The van der Waals surface area contributed by atoms with Gasteiger partial charge < -0.3 is 19.7 Å². The average molecular weight is 689 g/mol. The van der Waals surface area contributed by atoms with Crippen LogP contribution in [0.2, 0.25) is 0 Å². The zero-order chi connectivity index (χ0) is 36.0. The van der Waals surface area contributed by atoms with E-state index in [1.807, 2.05) is 0 Å². The van der Waals surface area contributed by atoms with Crippen molar-refractivity contribution in [3.63, 3.8) is 0 Å². The van der Waals surface area contributed by atoms with Gasteiger partial charge in [-0.2, -0.15) is 0 Å². The summed E-state index contributed by atoms with van der Waals surface area (Å²) in [7, 11) is 0. The largest absolute Gasteiger partial charge is 0.465 e. The van der Waals surface area contributed by atoms with Crippen LogP contribution in [0.4, 0.5) is 0 Å². The third-order valence-electron chi connectivity index (χ3n) is 11.7. The van der Waals surface area contributed by atoms with Crippen LogP contribution in [-0.2, 0) is 31.9 Å². The van der Waals surface area contributed by atoms with Crippen LogP contribution in [0.5, 0.6) is 0 Å². The molecule has 2 fully saturated rings. The molecular weight excluding hydrogens is 624 g/mol. The van der Waals surface area contributed by atoms with E-state index in [-0.39, 0.29) is 31.3 Å². The molecule has 2 saturated carbocycles. The number of ether oxygens (including phenoxy) is 2. The standard InChI is InChI=1S/C44H64O6/c1-6-8-9-10-36-15-20-41(23-30(36)3)42-22-21-40(25-35(42)7-2)39-18-16-38(17-19-39)37-13-11-33(12-14-37)24-34(28-49-43(47)31(4)26-45)29-50-44(48)32(5)27-46/h15,20-23,25,32-34,37-39,45-46H,4,6-14,16-19,24,26-29H2,1-3,5H3. The lowest BCUT2D eigenvalue weighted by Gasteiger charge is -2.38. The Hall–Kier alpha value is -2.96. The first-order valence-electron chi connectivity index (χ1n) is 19.6. The maximum absolute atomic E-state index is 12.2. The summed E-state index contributed by atoms with van der Waals surface area (Å²) < 4.78 is 10.9. The molecule has 2 aromatic rings. The molecule has 0 heterocycles. The highest BCUT2D eigenvalue weighted by Crippen LogP contribution is 2.45. The van der Waals surface area contributed by atoms with E-state index < -0.39 is 24.5 Å². The van der Waals surface area contributed by atoms with Crippen molar-refractivity contribution < 1.29 is 29.3 Å². The van der Waals surface area contributed by atoms with Gasteiger partial charge in [0.25, 0.3) is 0 Å². The highest BCUT2D eigenvalue weighted by Gasteiger charge is 2.33. The number of aryl methyl sites for hydroxylation is 3. The highest BCUT2D eigenvalue weighted by atomic mass is 16.5. The lowest BCUT2D eigenvalue weighted by molar-refractivity contribution is -0.152. The molecular formula is C44H64O6. The summed E-state index contributed by atoms with van der Waals surface area (Å²) in [6, 6.07) is 14.4. The minimum Gasteiger partial charge on any atom is -0.465 e. The molecule has 0 aromatic heterocycles. The molecule has 2 N–H and O–H groups in total. The van der Waals surface area contributed by atoms with Gasteiger partial charge in [-0.1, -0.05) is 82.5 Å². The van der Waals surface area contributed by atoms with Gasteiger partial charge in [0.1, 0.15) is 0 Å². The van der Waals surface area contributed by atoms with Gasteiger partial charge in [-0.05, 0) is 135 Å². The molecule has 0 spiro atoms. The molecule has 4 rings (SSSR count). The second kappa shape index (κ2) is 20.2. The first-order valence-corrected chi connectivity index (χ1v) is 19.6. The molecule has 2 unspecified atom stereocenters. The van der Waals surface area contributed by atoms with Crippen LogP contribution >= 0.6 is 0 Å². The van der Waals surface area contributed by atoms with Gasteiger partial charge in [0.15, 0.2) is 0 Å². The van der Waals surface area contributed by atoms with Crippen LogP contribution in [0.15, 0.2) is 48.6 Å². The van der Waals surface area contributed by atoms with Crippen molar-refractivity contribution in [2.24, 2.45) is 29.6 Å². The van der Waals surface area contributed by atoms with E-state index in [1.165, 1.54) is 97.6 Å². The zero-order valence-corrected chi connectivity index (χ0v) is 31.4. The fraction of sp³-hybridized carbons (Fsp3) is 0.636. The summed E-state index contributed by atoms with van der Waals surface area (Å²) in [5, 5.41) is 18.5. The van der Waals surface area contributed by atoms with E-state index in [0.29, 0.717) is 11.8 Å². The molecule has 2 aliphatic rings. The average Bonchev–Trinajstić information content (AvgIpc) is 3.15. The van der Waals surface area contributed by atoms with Crippen molar-refractivity contribution in [3.05, 3.63) is 70.8 Å². The minimum atomic E-state index is -0.619. The Morgan fingerprint density at radius 1 is 0.860 bits per heavy atom. The first-order chi connectivity index (χ1) is 24.2. The second-order valence-electron chi connectivity index (χ2n) is 15.4. The number of unbranched alkanes of at least 4 members (excludes halogenated alkanes) is 2. The number of carbonyl (C=O) groups is 2. The predicted molar refractivity (Wildman–Crippen MR) is 202 cm³/mol. The third kappa shape index (κ3) is 11.3. The summed E-state index contributed by atoms with van der Waals surface area (Å²) in [6.07, 6.45) is 16.7. The predicted octanol–water partition coefficient (Wildman–Crippen LogP) is 9.31. The second-order valence-corrected chi connectivity index (χ2v) is 15.4. The Bertz CT molecular complexity index is 1380. The number of rotatable bonds is 18. The van der Waals surface area contributed by atoms with Gasteiger partial charge in [-0.3, -0.25) is 4.79 Å². The summed E-state index contributed by atoms with van der Waals surface area (Å²) in [6.45, 7) is 11.6. The molecule has 0 bridgehead atoms. The summed E-state index contributed by atoms with van der Waals surface area (Å²) >= 11 is 0. The van der Waals surface area contributed by atoms with Crippen LogP contribution < -0.4 is 0 Å². The van der Waals surface area contributed by atoms with Crippen molar-refractivity contribution in [1.29, 1.82) is 0 Å². The third-order valence-corrected chi connectivity index (χ3v) is 11.7. The minimum absolute atomic E-state index is 0.0152. The van der Waals surface area contributed by atoms with Crippen LogP contribution in [0, 0.1) is 36.5 Å². The molecule has 276 valence electrons. The normalized spacial score (nSPS) is 22.0. The van der Waals surface area contributed by atoms with Gasteiger partial charge in [-0.15, -0.1) is 0 Å². The number of hydrogen-bond donors (Lipinski definition) is 2. The Labute approximate surface area is 302 Å². The Morgan fingerprint density at radius 3 is 2.16 bits per heavy atom. The lowest BCUT2D eigenvalue weighted by atomic mass is 9.67. The lowest BCUT2D eigenvalue weighted by Crippen LogP contribution is -2.29. The summed E-state index contributed by atoms with van der Waals surface area (Å²) in [5.74, 6) is 0.919. The van der Waals surface area contributed by atoms with Gasteiger partial charge >= 0.3 is 11.9 Å². The van der Waals surface area contributed by atoms with E-state index in [1.54, 1.807) is 6.92 Å². The Kier molecular flexibility index (Phi) is 16.1. The van der Waals surface area contributed by atoms with Gasteiger partial charge in [-0.25, -0.2) is 4.79 Å². The van der Waals surface area contributed by atoms with Gasteiger partial charge in [0.05, 0.1) is 37.9 Å². The van der Waals surface area contributed by atoms with E-state index in [4.69, 9.17) is 9.47 Å². The van der Waals surface area contributed by atoms with Crippen LogP contribution in [0.1, 0.15) is 126 Å². The van der Waals surface area contributed by atoms with Crippen LogP contribution in [0.25, 0.3) is 11.1 Å². The smallest absolute Gasteiger partial charge is 0.335 e. The maximum Gasteiger partial charge on any atom is 0.335 e. The molecule has 0 radical (unpaired) electrons. The van der Waals surface area contributed by atoms with E-state index in [2.05, 4.69) is 63.7 Å². The number of esters is 2.